The standard InChI is InChI=1S/C12H19N3O8.C6H14.C2H6/c1-2-3-4-5-9(17)21-8-23-12(19)15-10(13)14-11(18)22-7-20-6-16;1-3-5-6-4-2;1-2/h6H,2-5,7-8H2,1H3,(H3,13,14,15,18,19);3-6H2,1-2H3;1-2H3. The summed E-state index contributed by atoms with van der Waals surface area (Å²) in [7, 11) is 0. The minimum Gasteiger partial charge on any atom is -0.430 e. The Hall–Kier alpha value is -2.85. The lowest BCUT2D eigenvalue weighted by Gasteiger charge is -2.07. The molecule has 0 rings (SSSR count). The van der Waals surface area contributed by atoms with Crippen molar-refractivity contribution in [3.8, 4) is 0 Å². The molecule has 0 saturated heterocycles. The molecule has 0 radical (unpaired) electrons. The number of hydrogen-bond acceptors (Lipinski definition) is 8. The number of ether oxygens (including phenoxy) is 4. The van der Waals surface area contributed by atoms with Gasteiger partial charge in [-0.25, -0.2) is 9.59 Å². The molecule has 0 unspecified atom stereocenters. The number of rotatable bonds is 12. The lowest BCUT2D eigenvalue weighted by Crippen LogP contribution is -2.38. The van der Waals surface area contributed by atoms with Crippen LogP contribution in [0.1, 0.15) is 86.0 Å². The van der Waals surface area contributed by atoms with Gasteiger partial charge in [-0.05, 0) is 6.42 Å². The van der Waals surface area contributed by atoms with Gasteiger partial charge in [0.05, 0.1) is 0 Å². The summed E-state index contributed by atoms with van der Waals surface area (Å²) in [6.07, 6.45) is 6.06. The number of carbonyl (C=O) groups is 4. The molecule has 0 aliphatic carbocycles. The van der Waals surface area contributed by atoms with Crippen molar-refractivity contribution in [3.63, 3.8) is 0 Å². The van der Waals surface area contributed by atoms with Crippen LogP contribution in [0.4, 0.5) is 9.59 Å². The van der Waals surface area contributed by atoms with E-state index in [-0.39, 0.29) is 12.9 Å². The number of carbonyl (C=O) groups excluding carboxylic acids is 4. The van der Waals surface area contributed by atoms with Gasteiger partial charge in [-0.2, -0.15) is 0 Å². The van der Waals surface area contributed by atoms with E-state index < -0.39 is 37.7 Å². The van der Waals surface area contributed by atoms with Crippen molar-refractivity contribution >= 4 is 30.6 Å². The highest BCUT2D eigenvalue weighted by molar-refractivity contribution is 5.97. The zero-order chi connectivity index (χ0) is 24.3. The van der Waals surface area contributed by atoms with Crippen LogP contribution in [0.3, 0.4) is 0 Å². The van der Waals surface area contributed by atoms with Gasteiger partial charge in [0.25, 0.3) is 6.47 Å². The molecule has 0 aromatic heterocycles. The monoisotopic (exact) mass is 449 g/mol. The summed E-state index contributed by atoms with van der Waals surface area (Å²) in [6.45, 7) is 9.29. The average molecular weight is 450 g/mol. The summed E-state index contributed by atoms with van der Waals surface area (Å²) in [5, 5.41) is 1.89. The Balaban J connectivity index is -0.000000836. The second-order valence-corrected chi connectivity index (χ2v) is 5.64. The zero-order valence-corrected chi connectivity index (χ0v) is 19.4. The average Bonchev–Trinajstić information content (AvgIpc) is 2.74. The van der Waals surface area contributed by atoms with Crippen LogP contribution in [-0.4, -0.2) is 44.2 Å². The number of guanidine groups is 1. The first-order valence-corrected chi connectivity index (χ1v) is 10.6. The largest absolute Gasteiger partial charge is 0.439 e. The molecule has 0 aromatic rings. The molecule has 0 saturated carbocycles. The number of alkyl carbamates (subject to hydrolysis) is 1. The number of unbranched alkanes of at least 4 members (excludes halogenated alkanes) is 5. The maximum atomic E-state index is 11.2. The summed E-state index contributed by atoms with van der Waals surface area (Å²) in [5.41, 5.74) is 5.21. The first-order chi connectivity index (χ1) is 14.9. The second-order valence-electron chi connectivity index (χ2n) is 5.64. The van der Waals surface area contributed by atoms with Crippen molar-refractivity contribution in [3.05, 3.63) is 0 Å². The van der Waals surface area contributed by atoms with Crippen molar-refractivity contribution in [2.24, 2.45) is 10.7 Å². The van der Waals surface area contributed by atoms with E-state index in [0.717, 1.165) is 12.8 Å². The summed E-state index contributed by atoms with van der Waals surface area (Å²) < 4.78 is 17.5. The highest BCUT2D eigenvalue weighted by Crippen LogP contribution is 2.00. The third-order valence-electron chi connectivity index (χ3n) is 3.11. The number of amides is 2. The highest BCUT2D eigenvalue weighted by atomic mass is 16.7. The third kappa shape index (κ3) is 29.4. The van der Waals surface area contributed by atoms with Gasteiger partial charge in [0.1, 0.15) is 0 Å². The van der Waals surface area contributed by atoms with Gasteiger partial charge in [-0.1, -0.05) is 73.1 Å². The Morgan fingerprint density at radius 3 is 1.94 bits per heavy atom. The van der Waals surface area contributed by atoms with Gasteiger partial charge in [0, 0.05) is 6.42 Å². The Morgan fingerprint density at radius 1 is 0.871 bits per heavy atom. The van der Waals surface area contributed by atoms with Crippen molar-refractivity contribution in [1.82, 2.24) is 5.32 Å². The number of nitrogens with zero attached hydrogens (tertiary/aromatic N) is 1. The molecular weight excluding hydrogens is 410 g/mol. The predicted molar refractivity (Wildman–Crippen MR) is 116 cm³/mol. The van der Waals surface area contributed by atoms with Crippen LogP contribution in [0.2, 0.25) is 0 Å². The molecule has 31 heavy (non-hydrogen) atoms. The van der Waals surface area contributed by atoms with Crippen molar-refractivity contribution in [1.29, 1.82) is 0 Å². The number of aliphatic imine (C=N–C) groups is 1. The van der Waals surface area contributed by atoms with Crippen LogP contribution in [-0.2, 0) is 28.5 Å². The normalized spacial score (nSPS) is 9.65. The predicted octanol–water partition coefficient (Wildman–Crippen LogP) is 3.99. The van der Waals surface area contributed by atoms with Crippen LogP contribution in [0.25, 0.3) is 0 Å². The SMILES string of the molecule is CC.CCCCCC.CCCCCC(=O)OCOC(=O)N/C(N)=N/C(=O)OCOC=O. The molecule has 2 amide bonds. The molecule has 0 aromatic carbocycles. The van der Waals surface area contributed by atoms with E-state index >= 15 is 0 Å². The summed E-state index contributed by atoms with van der Waals surface area (Å²) >= 11 is 0. The number of hydrogen-bond donors (Lipinski definition) is 2. The van der Waals surface area contributed by atoms with Crippen molar-refractivity contribution < 1.29 is 38.1 Å². The molecule has 0 aliphatic rings. The minimum atomic E-state index is -1.19. The lowest BCUT2D eigenvalue weighted by atomic mass is 10.2. The molecule has 11 heteroatoms. The zero-order valence-electron chi connectivity index (χ0n) is 19.4. The maximum absolute atomic E-state index is 11.2. The molecule has 0 spiro atoms. The van der Waals surface area contributed by atoms with Gasteiger partial charge in [-0.15, -0.1) is 4.99 Å². The lowest BCUT2D eigenvalue weighted by molar-refractivity contribution is -0.151. The fourth-order valence-corrected chi connectivity index (χ4v) is 1.65. The molecule has 3 N–H and O–H groups in total. The third-order valence-corrected chi connectivity index (χ3v) is 3.11. The number of nitrogens with one attached hydrogen (secondary N) is 1. The Labute approximate surface area is 185 Å². The van der Waals surface area contributed by atoms with Crippen molar-refractivity contribution in [2.45, 2.75) is 86.0 Å². The van der Waals surface area contributed by atoms with Crippen LogP contribution in [0.15, 0.2) is 4.99 Å². The summed E-state index contributed by atoms with van der Waals surface area (Å²) in [4.78, 5) is 46.3. The van der Waals surface area contributed by atoms with E-state index in [0.29, 0.717) is 6.42 Å². The van der Waals surface area contributed by atoms with Gasteiger partial charge in [-0.3, -0.25) is 14.9 Å². The van der Waals surface area contributed by atoms with E-state index in [4.69, 9.17) is 5.73 Å². The Morgan fingerprint density at radius 2 is 1.42 bits per heavy atom. The molecule has 182 valence electrons. The van der Waals surface area contributed by atoms with Crippen LogP contribution in [0.5, 0.6) is 0 Å². The topological polar surface area (TPSA) is 156 Å². The van der Waals surface area contributed by atoms with Gasteiger partial charge < -0.3 is 24.7 Å². The highest BCUT2D eigenvalue weighted by Gasteiger charge is 2.09. The molecular formula is C20H39N3O8. The number of esters is 1. The van der Waals surface area contributed by atoms with E-state index in [1.54, 1.807) is 0 Å². The maximum Gasteiger partial charge on any atom is 0.439 e. The molecule has 0 aliphatic heterocycles. The van der Waals surface area contributed by atoms with Gasteiger partial charge in [0.2, 0.25) is 19.5 Å². The van der Waals surface area contributed by atoms with E-state index in [1.807, 2.05) is 26.1 Å². The Kier molecular flexibility index (Phi) is 28.7. The van der Waals surface area contributed by atoms with Crippen LogP contribution >= 0.6 is 0 Å². The first kappa shape index (κ1) is 32.8. The van der Waals surface area contributed by atoms with Crippen LogP contribution in [0, 0.1) is 0 Å². The molecule has 11 nitrogen and oxygen atoms in total. The molecule has 0 fully saturated rings. The van der Waals surface area contributed by atoms with Crippen molar-refractivity contribution in [2.75, 3.05) is 13.6 Å². The summed E-state index contributed by atoms with van der Waals surface area (Å²) in [5.74, 6) is -1.10. The first-order valence-electron chi connectivity index (χ1n) is 10.6. The van der Waals surface area contributed by atoms with Gasteiger partial charge >= 0.3 is 18.2 Å². The van der Waals surface area contributed by atoms with E-state index in [1.165, 1.54) is 25.7 Å². The van der Waals surface area contributed by atoms with Gasteiger partial charge in [0.15, 0.2) is 0 Å². The second kappa shape index (κ2) is 27.1. The van der Waals surface area contributed by atoms with Crippen LogP contribution < -0.4 is 11.1 Å². The van der Waals surface area contributed by atoms with E-state index in [2.05, 4.69) is 37.8 Å². The fourth-order valence-electron chi connectivity index (χ4n) is 1.65. The smallest absolute Gasteiger partial charge is 0.430 e. The quantitative estimate of drug-likeness (QED) is 0.112. The summed E-state index contributed by atoms with van der Waals surface area (Å²) in [6, 6.07) is 0. The molecule has 0 bridgehead atoms. The molecule has 0 atom stereocenters. The fraction of sp³-hybridized carbons (Fsp3) is 0.750. The molecule has 0 heterocycles. The Bertz CT molecular complexity index is 495. The minimum absolute atomic E-state index is 0.0690. The number of nitrogens with two attached hydrogens (primary N) is 1. The van der Waals surface area contributed by atoms with E-state index in [9.17, 15) is 19.2 Å².